The maximum atomic E-state index is 5.73. The fraction of sp³-hybridized carbons (Fsp3) is 1.00. The fourth-order valence-corrected chi connectivity index (χ4v) is 3.19. The Morgan fingerprint density at radius 1 is 1.57 bits per heavy atom. The first kappa shape index (κ1) is 10.7. The Bertz CT molecular complexity index is 174. The molecular weight excluding hydrogens is 196 g/mol. The van der Waals surface area contributed by atoms with Gasteiger partial charge in [0.25, 0.3) is 0 Å². The number of hydrogen-bond acceptors (Lipinski definition) is 4. The normalized spacial score (nSPS) is 34.9. The quantitative estimate of drug-likeness (QED) is 0.738. The van der Waals surface area contributed by atoms with Crippen LogP contribution in [0.3, 0.4) is 0 Å². The molecule has 2 unspecified atom stereocenters. The summed E-state index contributed by atoms with van der Waals surface area (Å²) < 4.78 is 5.73. The largest absolute Gasteiger partial charge is 0.375 e. The van der Waals surface area contributed by atoms with Crippen LogP contribution in [0.4, 0.5) is 0 Å². The molecule has 0 spiro atoms. The van der Waals surface area contributed by atoms with E-state index < -0.39 is 0 Å². The number of thioether (sulfide) groups is 1. The third-order valence-corrected chi connectivity index (χ3v) is 4.31. The topological polar surface area (TPSA) is 24.5 Å². The number of morpholine rings is 1. The van der Waals surface area contributed by atoms with E-state index in [1.165, 1.54) is 19.5 Å². The zero-order valence-electron chi connectivity index (χ0n) is 8.87. The molecule has 14 heavy (non-hydrogen) atoms. The summed E-state index contributed by atoms with van der Waals surface area (Å²) in [4.78, 5) is 2.36. The molecule has 3 nitrogen and oxygen atoms in total. The van der Waals surface area contributed by atoms with Crippen molar-refractivity contribution in [3.8, 4) is 0 Å². The standard InChI is InChI=1S/C10H20N2OS/c1-12-4-5-13-9(7-12)8-14-10-2-3-11-6-10/h9-11H,2-8H2,1H3. The predicted molar refractivity (Wildman–Crippen MR) is 61.0 cm³/mol. The van der Waals surface area contributed by atoms with Crippen molar-refractivity contribution in [1.82, 2.24) is 10.2 Å². The molecule has 2 rings (SSSR count). The Morgan fingerprint density at radius 2 is 2.50 bits per heavy atom. The van der Waals surface area contributed by atoms with E-state index in [9.17, 15) is 0 Å². The molecule has 2 atom stereocenters. The molecule has 2 fully saturated rings. The summed E-state index contributed by atoms with van der Waals surface area (Å²) in [5, 5.41) is 4.22. The summed E-state index contributed by atoms with van der Waals surface area (Å²) in [5.41, 5.74) is 0. The lowest BCUT2D eigenvalue weighted by Crippen LogP contribution is -2.41. The Hall–Kier alpha value is 0.230. The average molecular weight is 216 g/mol. The van der Waals surface area contributed by atoms with Gasteiger partial charge in [-0.25, -0.2) is 0 Å². The van der Waals surface area contributed by atoms with Crippen LogP contribution in [0.1, 0.15) is 6.42 Å². The summed E-state index contributed by atoms with van der Waals surface area (Å²) >= 11 is 2.08. The molecule has 0 aromatic heterocycles. The zero-order chi connectivity index (χ0) is 9.80. The van der Waals surface area contributed by atoms with E-state index in [0.29, 0.717) is 6.10 Å². The van der Waals surface area contributed by atoms with Gasteiger partial charge in [0.2, 0.25) is 0 Å². The summed E-state index contributed by atoms with van der Waals surface area (Å²) in [5.74, 6) is 1.16. The second-order valence-corrected chi connectivity index (χ2v) is 5.54. The lowest BCUT2D eigenvalue weighted by atomic mass is 10.3. The first-order valence-electron chi connectivity index (χ1n) is 5.47. The molecule has 0 radical (unpaired) electrons. The monoisotopic (exact) mass is 216 g/mol. The van der Waals surface area contributed by atoms with Crippen molar-refractivity contribution < 1.29 is 4.74 Å². The number of nitrogens with one attached hydrogen (secondary N) is 1. The predicted octanol–water partition coefficient (Wildman–Crippen LogP) is 0.412. The van der Waals surface area contributed by atoms with Gasteiger partial charge < -0.3 is 15.0 Å². The zero-order valence-corrected chi connectivity index (χ0v) is 9.68. The van der Waals surface area contributed by atoms with Gasteiger partial charge in [0.1, 0.15) is 0 Å². The van der Waals surface area contributed by atoms with Gasteiger partial charge in [-0.2, -0.15) is 11.8 Å². The Kier molecular flexibility index (Phi) is 4.10. The molecule has 2 saturated heterocycles. The van der Waals surface area contributed by atoms with Crippen molar-refractivity contribution in [3.05, 3.63) is 0 Å². The molecule has 0 amide bonds. The van der Waals surface area contributed by atoms with Crippen LogP contribution in [0.5, 0.6) is 0 Å². The number of hydrogen-bond donors (Lipinski definition) is 1. The maximum Gasteiger partial charge on any atom is 0.0792 e. The molecule has 2 aliphatic rings. The number of ether oxygens (including phenoxy) is 1. The maximum absolute atomic E-state index is 5.73. The van der Waals surface area contributed by atoms with Crippen LogP contribution in [-0.2, 0) is 4.74 Å². The van der Waals surface area contributed by atoms with E-state index in [1.807, 2.05) is 0 Å². The summed E-state index contributed by atoms with van der Waals surface area (Å²) in [6.45, 7) is 5.49. The molecule has 0 bridgehead atoms. The van der Waals surface area contributed by atoms with Crippen molar-refractivity contribution in [2.75, 3.05) is 45.6 Å². The number of rotatable bonds is 3. The Balaban J connectivity index is 1.64. The van der Waals surface area contributed by atoms with Crippen molar-refractivity contribution >= 4 is 11.8 Å². The van der Waals surface area contributed by atoms with Crippen LogP contribution in [0, 0.1) is 0 Å². The first-order valence-corrected chi connectivity index (χ1v) is 6.52. The minimum atomic E-state index is 0.458. The molecule has 0 aliphatic carbocycles. The number of likely N-dealkylation sites (N-methyl/N-ethyl adjacent to an activating group) is 1. The smallest absolute Gasteiger partial charge is 0.0792 e. The van der Waals surface area contributed by atoms with Gasteiger partial charge in [0.05, 0.1) is 12.7 Å². The second kappa shape index (κ2) is 5.35. The Morgan fingerprint density at radius 3 is 3.21 bits per heavy atom. The molecular formula is C10H20N2OS. The minimum Gasteiger partial charge on any atom is -0.375 e. The highest BCUT2D eigenvalue weighted by Crippen LogP contribution is 2.20. The minimum absolute atomic E-state index is 0.458. The highest BCUT2D eigenvalue weighted by Gasteiger charge is 2.21. The van der Waals surface area contributed by atoms with E-state index >= 15 is 0 Å². The van der Waals surface area contributed by atoms with E-state index in [1.54, 1.807) is 0 Å². The van der Waals surface area contributed by atoms with Crippen molar-refractivity contribution in [1.29, 1.82) is 0 Å². The van der Waals surface area contributed by atoms with Gasteiger partial charge in [0.15, 0.2) is 0 Å². The molecule has 0 saturated carbocycles. The van der Waals surface area contributed by atoms with Gasteiger partial charge in [-0.1, -0.05) is 0 Å². The van der Waals surface area contributed by atoms with Crippen LogP contribution in [0.2, 0.25) is 0 Å². The summed E-state index contributed by atoms with van der Waals surface area (Å²) in [6.07, 6.45) is 1.78. The molecule has 82 valence electrons. The summed E-state index contributed by atoms with van der Waals surface area (Å²) in [6, 6.07) is 0. The van der Waals surface area contributed by atoms with Crippen LogP contribution < -0.4 is 5.32 Å². The fourth-order valence-electron chi connectivity index (χ4n) is 1.98. The van der Waals surface area contributed by atoms with Gasteiger partial charge in [0, 0.05) is 30.6 Å². The van der Waals surface area contributed by atoms with Gasteiger partial charge in [-0.15, -0.1) is 0 Å². The van der Waals surface area contributed by atoms with Gasteiger partial charge >= 0.3 is 0 Å². The van der Waals surface area contributed by atoms with E-state index in [2.05, 4.69) is 29.0 Å². The first-order chi connectivity index (χ1) is 6.84. The summed E-state index contributed by atoms with van der Waals surface area (Å²) in [7, 11) is 2.18. The third-order valence-electron chi connectivity index (χ3n) is 2.87. The lowest BCUT2D eigenvalue weighted by molar-refractivity contribution is -0.00602. The van der Waals surface area contributed by atoms with E-state index in [0.717, 1.165) is 30.7 Å². The van der Waals surface area contributed by atoms with Crippen LogP contribution >= 0.6 is 11.8 Å². The van der Waals surface area contributed by atoms with Crippen molar-refractivity contribution in [2.45, 2.75) is 17.8 Å². The third kappa shape index (κ3) is 3.12. The van der Waals surface area contributed by atoms with Crippen molar-refractivity contribution in [3.63, 3.8) is 0 Å². The average Bonchev–Trinajstić information content (AvgIpc) is 2.67. The van der Waals surface area contributed by atoms with Crippen LogP contribution in [0.15, 0.2) is 0 Å². The lowest BCUT2D eigenvalue weighted by Gasteiger charge is -2.30. The second-order valence-electron chi connectivity index (χ2n) is 4.20. The van der Waals surface area contributed by atoms with Crippen molar-refractivity contribution in [2.24, 2.45) is 0 Å². The highest BCUT2D eigenvalue weighted by molar-refractivity contribution is 8.00. The molecule has 2 heterocycles. The van der Waals surface area contributed by atoms with E-state index in [-0.39, 0.29) is 0 Å². The number of nitrogens with zero attached hydrogens (tertiary/aromatic N) is 1. The van der Waals surface area contributed by atoms with Gasteiger partial charge in [-0.3, -0.25) is 0 Å². The van der Waals surface area contributed by atoms with Crippen LogP contribution in [-0.4, -0.2) is 61.8 Å². The molecule has 0 aromatic carbocycles. The molecule has 2 aliphatic heterocycles. The highest BCUT2D eigenvalue weighted by atomic mass is 32.2. The van der Waals surface area contributed by atoms with Crippen LogP contribution in [0.25, 0.3) is 0 Å². The van der Waals surface area contributed by atoms with Gasteiger partial charge in [-0.05, 0) is 20.0 Å². The Labute approximate surface area is 90.6 Å². The molecule has 4 heteroatoms. The van der Waals surface area contributed by atoms with E-state index in [4.69, 9.17) is 4.74 Å². The molecule has 0 aromatic rings. The SMILES string of the molecule is CN1CCOC(CSC2CCNC2)C1. The molecule has 1 N–H and O–H groups in total.